The lowest BCUT2D eigenvalue weighted by atomic mass is 9.81. The van der Waals surface area contributed by atoms with Crippen molar-refractivity contribution < 1.29 is 0 Å². The molecule has 56 heavy (non-hydrogen) atoms. The number of para-hydroxylation sites is 1. The van der Waals surface area contributed by atoms with Gasteiger partial charge in [0.2, 0.25) is 0 Å². The fraction of sp³-hybridized carbons (Fsp3) is 0.0600. The van der Waals surface area contributed by atoms with E-state index < -0.39 is 0 Å². The number of aromatic nitrogens is 1. The van der Waals surface area contributed by atoms with Crippen LogP contribution in [-0.2, 0) is 5.41 Å². The van der Waals surface area contributed by atoms with Crippen molar-refractivity contribution in [1.29, 1.82) is 26.3 Å². The molecule has 1 aromatic heterocycles. The number of rotatable bonds is 4. The molecule has 1 aliphatic carbocycles. The van der Waals surface area contributed by atoms with Crippen molar-refractivity contribution in [1.82, 2.24) is 4.57 Å². The summed E-state index contributed by atoms with van der Waals surface area (Å²) in [7, 11) is 0. The van der Waals surface area contributed by atoms with E-state index in [4.69, 9.17) is 0 Å². The summed E-state index contributed by atoms with van der Waals surface area (Å²) in [5.74, 6) is 0. The lowest BCUT2D eigenvalue weighted by Gasteiger charge is -2.22. The quantitative estimate of drug-likeness (QED) is 0.180. The molecule has 7 aromatic carbocycles. The zero-order valence-electron chi connectivity index (χ0n) is 30.4. The van der Waals surface area contributed by atoms with E-state index in [0.717, 1.165) is 72.0 Å². The second-order valence-corrected chi connectivity index (χ2v) is 14.6. The molecular formula is C50H28N6. The smallest absolute Gasteiger partial charge is 0.0992 e. The fourth-order valence-electron chi connectivity index (χ4n) is 8.38. The van der Waals surface area contributed by atoms with Crippen molar-refractivity contribution in [3.63, 3.8) is 0 Å². The summed E-state index contributed by atoms with van der Waals surface area (Å²) in [6.45, 7) is 4.43. The standard InChI is InChI=1S/C50H28N6/c1-50(2)45-21-30(25-51)7-11-41(45)42-12-8-37(24-46(42)50)40-5-3-4-6-47(40)56-48-13-9-35(38-17-31(26-52)15-32(18-38)27-53)22-43(48)44-23-36(10-14-49(44)56)39-19-33(28-54)16-34(20-39)29-55/h3-24H,1-2H3. The third kappa shape index (κ3) is 5.21. The molecule has 9 rings (SSSR count). The topological polar surface area (TPSA) is 124 Å². The van der Waals surface area contributed by atoms with E-state index in [2.05, 4.69) is 115 Å². The second-order valence-electron chi connectivity index (χ2n) is 14.6. The van der Waals surface area contributed by atoms with Gasteiger partial charge in [-0.1, -0.05) is 62.4 Å². The van der Waals surface area contributed by atoms with Gasteiger partial charge in [0, 0.05) is 21.8 Å². The molecule has 0 unspecified atom stereocenters. The van der Waals surface area contributed by atoms with Gasteiger partial charge in [0.1, 0.15) is 0 Å². The Kier molecular flexibility index (Phi) is 7.64. The minimum atomic E-state index is -0.301. The van der Waals surface area contributed by atoms with Gasteiger partial charge in [0.05, 0.1) is 74.9 Å². The molecule has 0 fully saturated rings. The van der Waals surface area contributed by atoms with E-state index >= 15 is 0 Å². The van der Waals surface area contributed by atoms with Gasteiger partial charge >= 0.3 is 0 Å². The van der Waals surface area contributed by atoms with Crippen LogP contribution in [0.25, 0.3) is 72.0 Å². The molecule has 258 valence electrons. The Morgan fingerprint density at radius 2 is 0.857 bits per heavy atom. The molecule has 8 aromatic rings. The highest BCUT2D eigenvalue weighted by Crippen LogP contribution is 2.50. The van der Waals surface area contributed by atoms with Crippen LogP contribution in [0.4, 0.5) is 0 Å². The van der Waals surface area contributed by atoms with Crippen molar-refractivity contribution in [2.75, 3.05) is 0 Å². The van der Waals surface area contributed by atoms with Gasteiger partial charge < -0.3 is 4.57 Å². The molecular weight excluding hydrogens is 685 g/mol. The van der Waals surface area contributed by atoms with Crippen LogP contribution in [0.1, 0.15) is 52.8 Å². The molecule has 0 aliphatic heterocycles. The predicted molar refractivity (Wildman–Crippen MR) is 218 cm³/mol. The van der Waals surface area contributed by atoms with E-state index in [1.807, 2.05) is 30.3 Å². The highest BCUT2D eigenvalue weighted by molar-refractivity contribution is 6.12. The summed E-state index contributed by atoms with van der Waals surface area (Å²) in [6, 6.07) is 54.9. The summed E-state index contributed by atoms with van der Waals surface area (Å²) >= 11 is 0. The molecule has 0 saturated heterocycles. The number of hydrogen-bond donors (Lipinski definition) is 0. The largest absolute Gasteiger partial charge is 0.309 e. The summed E-state index contributed by atoms with van der Waals surface area (Å²) in [4.78, 5) is 0. The van der Waals surface area contributed by atoms with Gasteiger partial charge in [-0.3, -0.25) is 0 Å². The SMILES string of the molecule is CC1(C)c2cc(C#N)ccc2-c2ccc(-c3ccccc3-n3c4ccc(-c5cc(C#N)cc(C#N)c5)cc4c4cc(-c5cc(C#N)cc(C#N)c5)ccc43)cc21. The fourth-order valence-corrected chi connectivity index (χ4v) is 8.38. The molecule has 0 saturated carbocycles. The average Bonchev–Trinajstić information content (AvgIpc) is 3.69. The molecule has 0 bridgehead atoms. The third-order valence-corrected chi connectivity index (χ3v) is 11.1. The third-order valence-electron chi connectivity index (χ3n) is 11.1. The van der Waals surface area contributed by atoms with Crippen LogP contribution in [0.15, 0.2) is 133 Å². The van der Waals surface area contributed by atoms with Gasteiger partial charge in [-0.2, -0.15) is 26.3 Å². The first-order valence-corrected chi connectivity index (χ1v) is 18.0. The van der Waals surface area contributed by atoms with Crippen molar-refractivity contribution >= 4 is 21.8 Å². The van der Waals surface area contributed by atoms with Crippen molar-refractivity contribution in [2.24, 2.45) is 0 Å². The van der Waals surface area contributed by atoms with Crippen LogP contribution < -0.4 is 0 Å². The molecule has 6 heteroatoms. The lowest BCUT2D eigenvalue weighted by molar-refractivity contribution is 0.660. The molecule has 0 radical (unpaired) electrons. The molecule has 0 N–H and O–H groups in total. The maximum Gasteiger partial charge on any atom is 0.0992 e. The summed E-state index contributed by atoms with van der Waals surface area (Å²) < 4.78 is 2.28. The molecule has 0 spiro atoms. The van der Waals surface area contributed by atoms with Crippen LogP contribution in [0.5, 0.6) is 0 Å². The Morgan fingerprint density at radius 1 is 0.393 bits per heavy atom. The van der Waals surface area contributed by atoms with E-state index in [1.165, 1.54) is 11.1 Å². The van der Waals surface area contributed by atoms with Crippen LogP contribution in [0, 0.1) is 56.7 Å². The second kappa shape index (κ2) is 12.7. The number of nitrogens with zero attached hydrogens (tertiary/aromatic N) is 6. The van der Waals surface area contributed by atoms with Crippen LogP contribution >= 0.6 is 0 Å². The summed E-state index contributed by atoms with van der Waals surface area (Å²) in [5, 5.41) is 50.5. The number of hydrogen-bond acceptors (Lipinski definition) is 5. The molecule has 6 nitrogen and oxygen atoms in total. The van der Waals surface area contributed by atoms with Gasteiger partial charge in [0.25, 0.3) is 0 Å². The minimum absolute atomic E-state index is 0.301. The molecule has 1 heterocycles. The van der Waals surface area contributed by atoms with Crippen LogP contribution in [0.3, 0.4) is 0 Å². The zero-order valence-corrected chi connectivity index (χ0v) is 30.4. The molecule has 1 aliphatic rings. The van der Waals surface area contributed by atoms with Crippen LogP contribution in [-0.4, -0.2) is 4.57 Å². The first-order valence-electron chi connectivity index (χ1n) is 18.0. The highest BCUT2D eigenvalue weighted by Gasteiger charge is 2.36. The number of fused-ring (bicyclic) bond motifs is 6. The Labute approximate surface area is 323 Å². The van der Waals surface area contributed by atoms with Gasteiger partial charge in [-0.05, 0) is 135 Å². The molecule has 0 amide bonds. The monoisotopic (exact) mass is 712 g/mol. The molecule has 0 atom stereocenters. The van der Waals surface area contributed by atoms with E-state index in [0.29, 0.717) is 27.8 Å². The lowest BCUT2D eigenvalue weighted by Crippen LogP contribution is -2.15. The highest BCUT2D eigenvalue weighted by atomic mass is 15.0. The maximum absolute atomic E-state index is 9.74. The summed E-state index contributed by atoms with van der Waals surface area (Å²) in [6.07, 6.45) is 0. The summed E-state index contributed by atoms with van der Waals surface area (Å²) in [5.41, 5.74) is 15.0. The Balaban J connectivity index is 1.28. The van der Waals surface area contributed by atoms with E-state index in [9.17, 15) is 26.3 Å². The predicted octanol–water partition coefficient (Wildman–Crippen LogP) is 11.4. The van der Waals surface area contributed by atoms with Gasteiger partial charge in [-0.15, -0.1) is 0 Å². The van der Waals surface area contributed by atoms with E-state index in [1.54, 1.807) is 36.4 Å². The van der Waals surface area contributed by atoms with Crippen molar-refractivity contribution in [2.45, 2.75) is 19.3 Å². The van der Waals surface area contributed by atoms with Crippen LogP contribution in [0.2, 0.25) is 0 Å². The van der Waals surface area contributed by atoms with Gasteiger partial charge in [0.15, 0.2) is 0 Å². The maximum atomic E-state index is 9.74. The normalized spacial score (nSPS) is 12.2. The minimum Gasteiger partial charge on any atom is -0.309 e. The average molecular weight is 713 g/mol. The Bertz CT molecular complexity index is 3040. The van der Waals surface area contributed by atoms with Crippen molar-refractivity contribution in [3.05, 3.63) is 172 Å². The number of nitriles is 5. The first-order chi connectivity index (χ1) is 27.2. The first kappa shape index (κ1) is 33.6. The van der Waals surface area contributed by atoms with Crippen molar-refractivity contribution in [3.8, 4) is 80.5 Å². The van der Waals surface area contributed by atoms with E-state index in [-0.39, 0.29) is 5.41 Å². The number of benzene rings is 7. The zero-order chi connectivity index (χ0) is 38.7. The van der Waals surface area contributed by atoms with Gasteiger partial charge in [-0.25, -0.2) is 0 Å². The Morgan fingerprint density at radius 3 is 1.38 bits per heavy atom. The Hall–Kier alpha value is -8.21.